The smallest absolute Gasteiger partial charge is 0.320 e. The molecule has 1 saturated heterocycles. The average molecular weight is 295 g/mol. The zero-order valence-electron chi connectivity index (χ0n) is 12.5. The second-order valence-electron chi connectivity index (χ2n) is 5.77. The van der Waals surface area contributed by atoms with Gasteiger partial charge < -0.3 is 9.84 Å². The molecule has 0 aromatic heterocycles. The van der Waals surface area contributed by atoms with Gasteiger partial charge in [0.25, 0.3) is 0 Å². The predicted octanol–water partition coefficient (Wildman–Crippen LogP) is 2.56. The highest BCUT2D eigenvalue weighted by molar-refractivity contribution is 5.73. The van der Waals surface area contributed by atoms with E-state index < -0.39 is 5.97 Å². The Morgan fingerprint density at radius 3 is 2.95 bits per heavy atom. The maximum atomic E-state index is 13.7. The molecular formula is C16H22FNO3. The zero-order chi connectivity index (χ0) is 15.4. The third kappa shape index (κ3) is 3.94. The predicted molar refractivity (Wildman–Crippen MR) is 78.1 cm³/mol. The van der Waals surface area contributed by atoms with Crippen molar-refractivity contribution in [3.63, 3.8) is 0 Å². The van der Waals surface area contributed by atoms with Crippen molar-refractivity contribution in [3.05, 3.63) is 29.6 Å². The minimum Gasteiger partial charge on any atom is -0.494 e. The number of methoxy groups -OCH3 is 1. The molecule has 1 aromatic carbocycles. The summed E-state index contributed by atoms with van der Waals surface area (Å²) in [5.74, 6) is -0.573. The van der Waals surface area contributed by atoms with Gasteiger partial charge in [0, 0.05) is 6.54 Å². The summed E-state index contributed by atoms with van der Waals surface area (Å²) in [4.78, 5) is 13.2. The number of nitrogens with zero attached hydrogens (tertiary/aromatic N) is 1. The van der Waals surface area contributed by atoms with E-state index in [1.54, 1.807) is 6.07 Å². The van der Waals surface area contributed by atoms with Crippen molar-refractivity contribution in [2.45, 2.75) is 32.2 Å². The number of benzene rings is 1. The first-order chi connectivity index (χ1) is 10.0. The van der Waals surface area contributed by atoms with E-state index in [4.69, 9.17) is 4.74 Å². The fourth-order valence-electron chi connectivity index (χ4n) is 3.03. The van der Waals surface area contributed by atoms with E-state index in [9.17, 15) is 14.3 Å². The van der Waals surface area contributed by atoms with Crippen molar-refractivity contribution in [3.8, 4) is 5.75 Å². The molecule has 1 aliphatic rings. The van der Waals surface area contributed by atoms with Crippen LogP contribution in [0.1, 0.15) is 25.3 Å². The molecule has 0 amide bonds. The Kier molecular flexibility index (Phi) is 5.17. The van der Waals surface area contributed by atoms with E-state index >= 15 is 0 Å². The number of rotatable bonds is 6. The SMILES string of the molecule is COc1ccc(CC(C)CN2CCCC2C(=O)O)cc1F. The summed E-state index contributed by atoms with van der Waals surface area (Å²) >= 11 is 0. The molecule has 0 radical (unpaired) electrons. The van der Waals surface area contributed by atoms with Crippen LogP contribution in [-0.4, -0.2) is 42.2 Å². The summed E-state index contributed by atoms with van der Waals surface area (Å²) in [5, 5.41) is 9.18. The number of carboxylic acids is 1. The Labute approximate surface area is 124 Å². The summed E-state index contributed by atoms with van der Waals surface area (Å²) in [7, 11) is 1.44. The monoisotopic (exact) mass is 295 g/mol. The van der Waals surface area contributed by atoms with Crippen molar-refractivity contribution in [1.82, 2.24) is 4.90 Å². The lowest BCUT2D eigenvalue weighted by molar-refractivity contribution is -0.142. The Bertz CT molecular complexity index is 506. The number of hydrogen-bond donors (Lipinski definition) is 1. The van der Waals surface area contributed by atoms with Gasteiger partial charge in [0.05, 0.1) is 7.11 Å². The van der Waals surface area contributed by atoms with Gasteiger partial charge in [-0.1, -0.05) is 13.0 Å². The lowest BCUT2D eigenvalue weighted by Gasteiger charge is -2.24. The number of hydrogen-bond acceptors (Lipinski definition) is 3. The van der Waals surface area contributed by atoms with Crippen LogP contribution in [0.15, 0.2) is 18.2 Å². The van der Waals surface area contributed by atoms with Gasteiger partial charge in [-0.3, -0.25) is 9.69 Å². The highest BCUT2D eigenvalue weighted by Gasteiger charge is 2.31. The van der Waals surface area contributed by atoms with E-state index in [0.717, 1.165) is 37.9 Å². The summed E-state index contributed by atoms with van der Waals surface area (Å²) < 4.78 is 18.6. The Morgan fingerprint density at radius 2 is 2.33 bits per heavy atom. The maximum Gasteiger partial charge on any atom is 0.320 e. The number of halogens is 1. The molecule has 2 unspecified atom stereocenters. The fraction of sp³-hybridized carbons (Fsp3) is 0.562. The van der Waals surface area contributed by atoms with Crippen molar-refractivity contribution in [2.75, 3.05) is 20.2 Å². The highest BCUT2D eigenvalue weighted by atomic mass is 19.1. The van der Waals surface area contributed by atoms with E-state index in [2.05, 4.69) is 6.92 Å². The maximum absolute atomic E-state index is 13.7. The van der Waals surface area contributed by atoms with Gasteiger partial charge in [0.1, 0.15) is 6.04 Å². The first-order valence-corrected chi connectivity index (χ1v) is 7.30. The molecule has 1 N–H and O–H groups in total. The molecule has 0 saturated carbocycles. The summed E-state index contributed by atoms with van der Waals surface area (Å²) in [6, 6.07) is 4.62. The zero-order valence-corrected chi connectivity index (χ0v) is 12.5. The minimum atomic E-state index is -0.741. The number of likely N-dealkylation sites (tertiary alicyclic amines) is 1. The lowest BCUT2D eigenvalue weighted by atomic mass is 10.00. The Morgan fingerprint density at radius 1 is 1.57 bits per heavy atom. The van der Waals surface area contributed by atoms with E-state index in [-0.39, 0.29) is 23.5 Å². The molecule has 116 valence electrons. The molecule has 1 aliphatic heterocycles. The van der Waals surface area contributed by atoms with Gasteiger partial charge in [0.2, 0.25) is 0 Å². The van der Waals surface area contributed by atoms with Gasteiger partial charge in [-0.05, 0) is 49.4 Å². The topological polar surface area (TPSA) is 49.8 Å². The van der Waals surface area contributed by atoms with Gasteiger partial charge in [-0.25, -0.2) is 4.39 Å². The van der Waals surface area contributed by atoms with E-state index in [1.165, 1.54) is 13.2 Å². The van der Waals surface area contributed by atoms with Crippen LogP contribution >= 0.6 is 0 Å². The number of ether oxygens (including phenoxy) is 1. The molecule has 2 atom stereocenters. The average Bonchev–Trinajstić information content (AvgIpc) is 2.87. The van der Waals surface area contributed by atoms with Gasteiger partial charge in [-0.2, -0.15) is 0 Å². The number of carboxylic acid groups (broad SMARTS) is 1. The summed E-state index contributed by atoms with van der Waals surface area (Å²) in [5.41, 5.74) is 0.909. The number of aliphatic carboxylic acids is 1. The van der Waals surface area contributed by atoms with Crippen molar-refractivity contribution >= 4 is 5.97 Å². The van der Waals surface area contributed by atoms with Crippen molar-refractivity contribution in [2.24, 2.45) is 5.92 Å². The molecule has 1 fully saturated rings. The number of carbonyl (C=O) groups is 1. The Hall–Kier alpha value is -1.62. The minimum absolute atomic E-state index is 0.247. The molecule has 0 bridgehead atoms. The molecule has 5 heteroatoms. The molecule has 1 aromatic rings. The third-order valence-corrected chi connectivity index (χ3v) is 4.00. The second-order valence-corrected chi connectivity index (χ2v) is 5.77. The van der Waals surface area contributed by atoms with Gasteiger partial charge >= 0.3 is 5.97 Å². The van der Waals surface area contributed by atoms with Crippen LogP contribution in [0.2, 0.25) is 0 Å². The first-order valence-electron chi connectivity index (χ1n) is 7.30. The van der Waals surface area contributed by atoms with E-state index in [0.29, 0.717) is 0 Å². The fourth-order valence-corrected chi connectivity index (χ4v) is 3.03. The molecule has 4 nitrogen and oxygen atoms in total. The summed E-state index contributed by atoms with van der Waals surface area (Å²) in [6.45, 7) is 3.63. The van der Waals surface area contributed by atoms with E-state index in [1.807, 2.05) is 11.0 Å². The van der Waals surface area contributed by atoms with Crippen LogP contribution < -0.4 is 4.74 Å². The van der Waals surface area contributed by atoms with Crippen LogP contribution in [-0.2, 0) is 11.2 Å². The van der Waals surface area contributed by atoms with Crippen LogP contribution in [0.5, 0.6) is 5.75 Å². The van der Waals surface area contributed by atoms with Crippen LogP contribution in [0.4, 0.5) is 4.39 Å². The molecule has 21 heavy (non-hydrogen) atoms. The second kappa shape index (κ2) is 6.89. The van der Waals surface area contributed by atoms with Crippen molar-refractivity contribution < 1.29 is 19.0 Å². The normalized spacial score (nSPS) is 20.4. The van der Waals surface area contributed by atoms with Crippen molar-refractivity contribution in [1.29, 1.82) is 0 Å². The highest BCUT2D eigenvalue weighted by Crippen LogP contribution is 2.22. The van der Waals surface area contributed by atoms with Crippen LogP contribution in [0.25, 0.3) is 0 Å². The van der Waals surface area contributed by atoms with Gasteiger partial charge in [0.15, 0.2) is 11.6 Å². The molecule has 0 spiro atoms. The molecule has 0 aliphatic carbocycles. The van der Waals surface area contributed by atoms with Crippen LogP contribution in [0.3, 0.4) is 0 Å². The third-order valence-electron chi connectivity index (χ3n) is 4.00. The standard InChI is InChI=1S/C16H22FNO3/c1-11(10-18-7-3-4-14(18)16(19)20)8-12-5-6-15(21-2)13(17)9-12/h5-6,9,11,14H,3-4,7-8,10H2,1-2H3,(H,19,20). The summed E-state index contributed by atoms with van der Waals surface area (Å²) in [6.07, 6.45) is 2.38. The first kappa shape index (κ1) is 15.8. The Balaban J connectivity index is 1.94. The molecule has 1 heterocycles. The molecule has 2 rings (SSSR count). The lowest BCUT2D eigenvalue weighted by Crippen LogP contribution is -2.38. The largest absolute Gasteiger partial charge is 0.494 e. The quantitative estimate of drug-likeness (QED) is 0.876. The molecular weight excluding hydrogens is 273 g/mol. The van der Waals surface area contributed by atoms with Crippen LogP contribution in [0, 0.1) is 11.7 Å². The van der Waals surface area contributed by atoms with Gasteiger partial charge in [-0.15, -0.1) is 0 Å².